The third kappa shape index (κ3) is 12.6. The normalized spacial score (nSPS) is 17.4. The molecule has 0 aromatic heterocycles. The Morgan fingerprint density at radius 1 is 1.18 bits per heavy atom. The first-order valence-electron chi connectivity index (χ1n) is 10.5. The van der Waals surface area contributed by atoms with Crippen LogP contribution in [0.2, 0.25) is 0 Å². The lowest BCUT2D eigenvalue weighted by molar-refractivity contribution is -0.129. The number of unbranched alkanes of at least 4 members (excludes halogenated alkanes) is 3. The highest BCUT2D eigenvalue weighted by atomic mass is 16.2. The van der Waals surface area contributed by atoms with Crippen molar-refractivity contribution in [3.05, 3.63) is 0 Å². The monoisotopic (exact) mass is 397 g/mol. The molecule has 0 aliphatic carbocycles. The highest BCUT2D eigenvalue weighted by Gasteiger charge is 2.21. The number of hydrogen-bond donors (Lipinski definition) is 3. The number of carbonyl (C=O) groups is 4. The number of likely N-dealkylation sites (N-methyl/N-ethyl adjacent to an activating group) is 1. The summed E-state index contributed by atoms with van der Waals surface area (Å²) >= 11 is 0. The molecule has 0 bridgehead atoms. The molecule has 162 valence electrons. The van der Waals surface area contributed by atoms with Crippen molar-refractivity contribution < 1.29 is 19.2 Å². The van der Waals surface area contributed by atoms with E-state index in [1.807, 2.05) is 27.6 Å². The summed E-state index contributed by atoms with van der Waals surface area (Å²) in [7, 11) is 0. The molecule has 7 nitrogen and oxygen atoms in total. The van der Waals surface area contributed by atoms with Crippen molar-refractivity contribution in [2.45, 2.75) is 78.2 Å². The van der Waals surface area contributed by atoms with E-state index in [1.165, 1.54) is 0 Å². The predicted molar refractivity (Wildman–Crippen MR) is 111 cm³/mol. The Morgan fingerprint density at radius 2 is 1.86 bits per heavy atom. The van der Waals surface area contributed by atoms with Crippen molar-refractivity contribution in [3.8, 4) is 0 Å². The Balaban J connectivity index is 0.00000352. The molecule has 1 aliphatic rings. The lowest BCUT2D eigenvalue weighted by atomic mass is 9.92. The van der Waals surface area contributed by atoms with Crippen LogP contribution in [0.3, 0.4) is 0 Å². The maximum absolute atomic E-state index is 12.1. The third-order valence-corrected chi connectivity index (χ3v) is 4.75. The maximum atomic E-state index is 12.1. The second-order valence-corrected chi connectivity index (χ2v) is 7.84. The molecule has 1 rings (SSSR count). The molecular weight excluding hydrogens is 358 g/mol. The van der Waals surface area contributed by atoms with Crippen molar-refractivity contribution in [2.75, 3.05) is 19.6 Å². The molecule has 0 aromatic rings. The molecule has 0 radical (unpaired) electrons. The fourth-order valence-electron chi connectivity index (χ4n) is 3.43. The molecule has 1 fully saturated rings. The first-order chi connectivity index (χ1) is 13.4. The summed E-state index contributed by atoms with van der Waals surface area (Å²) in [6.45, 7) is 10.0. The Morgan fingerprint density at radius 3 is 2.46 bits per heavy atom. The Labute approximate surface area is 169 Å². The van der Waals surface area contributed by atoms with E-state index in [2.05, 4.69) is 16.0 Å². The maximum Gasteiger partial charge on any atom is 0.242 e. The molecule has 2 atom stereocenters. The molecule has 7 heteroatoms. The summed E-state index contributed by atoms with van der Waals surface area (Å²) in [5.41, 5.74) is 0. The Hall–Kier alpha value is -1.76. The predicted octanol–water partition coefficient (Wildman–Crippen LogP) is 1.99. The average molecular weight is 398 g/mol. The van der Waals surface area contributed by atoms with E-state index in [0.29, 0.717) is 50.0 Å². The fourth-order valence-corrected chi connectivity index (χ4v) is 3.43. The molecule has 2 amide bonds. The van der Waals surface area contributed by atoms with E-state index < -0.39 is 6.04 Å². The van der Waals surface area contributed by atoms with Crippen LogP contribution in [0.15, 0.2) is 0 Å². The quantitative estimate of drug-likeness (QED) is 0.437. The molecule has 28 heavy (non-hydrogen) atoms. The van der Waals surface area contributed by atoms with Gasteiger partial charge in [0.05, 0.1) is 6.54 Å². The Kier molecular flexibility index (Phi) is 15.2. The van der Waals surface area contributed by atoms with Crippen LogP contribution in [-0.4, -0.2) is 50.1 Å². The van der Waals surface area contributed by atoms with E-state index in [1.54, 1.807) is 0 Å². The van der Waals surface area contributed by atoms with Crippen molar-refractivity contribution in [2.24, 2.45) is 11.8 Å². The molecule has 3 N–H and O–H groups in total. The number of Topliss-reactive ketones (excluding diaryl/α,β-unsaturated/α-hetero) is 1. The number of amides is 2. The van der Waals surface area contributed by atoms with Crippen LogP contribution in [0.1, 0.15) is 72.1 Å². The van der Waals surface area contributed by atoms with Crippen molar-refractivity contribution >= 4 is 24.4 Å². The van der Waals surface area contributed by atoms with Crippen LogP contribution in [-0.2, 0) is 19.2 Å². The van der Waals surface area contributed by atoms with Gasteiger partial charge in [-0.05, 0) is 44.6 Å². The average Bonchev–Trinajstić information content (AvgIpc) is 2.65. The van der Waals surface area contributed by atoms with Gasteiger partial charge in [-0.25, -0.2) is 0 Å². The highest BCUT2D eigenvalue weighted by Crippen LogP contribution is 2.17. The van der Waals surface area contributed by atoms with Gasteiger partial charge in [0.2, 0.25) is 11.8 Å². The topological polar surface area (TPSA) is 104 Å². The molecule has 0 aromatic carbocycles. The summed E-state index contributed by atoms with van der Waals surface area (Å²) in [5.74, 6) is 1.02. The van der Waals surface area contributed by atoms with Crippen LogP contribution in [0.25, 0.3) is 0 Å². The van der Waals surface area contributed by atoms with Gasteiger partial charge in [0.25, 0.3) is 0 Å². The molecule has 1 aliphatic heterocycles. The summed E-state index contributed by atoms with van der Waals surface area (Å²) in [4.78, 5) is 43.6. The van der Waals surface area contributed by atoms with Crippen LogP contribution in [0, 0.1) is 11.8 Å². The second kappa shape index (κ2) is 16.2. The van der Waals surface area contributed by atoms with Gasteiger partial charge in [-0.2, -0.15) is 0 Å². The summed E-state index contributed by atoms with van der Waals surface area (Å²) < 4.78 is 0. The van der Waals surface area contributed by atoms with Crippen molar-refractivity contribution in [1.29, 1.82) is 0 Å². The molecule has 0 spiro atoms. The molecule has 1 heterocycles. The summed E-state index contributed by atoms with van der Waals surface area (Å²) in [6.07, 6.45) is 6.98. The number of nitrogens with one attached hydrogen (secondary N) is 3. The zero-order valence-electron chi connectivity index (χ0n) is 17.9. The smallest absolute Gasteiger partial charge is 0.242 e. The van der Waals surface area contributed by atoms with Gasteiger partial charge in [-0.3, -0.25) is 14.4 Å². The van der Waals surface area contributed by atoms with Crippen LogP contribution in [0.4, 0.5) is 0 Å². The summed E-state index contributed by atoms with van der Waals surface area (Å²) in [6, 6.07) is -0.432. The van der Waals surface area contributed by atoms with Crippen LogP contribution >= 0.6 is 0 Å². The first kappa shape index (κ1) is 26.2. The van der Waals surface area contributed by atoms with Gasteiger partial charge >= 0.3 is 0 Å². The number of rotatable bonds is 12. The standard InChI is InChI=1S/C20H37N3O3.CH2O/c1-4-22-20(26)18(11-15(2)3)23-19(25)10-8-6-5-7-9-16-12-17(24)14-21-13-16;1-2/h15-16,18,21H,4-14H2,1-3H3,(H,22,26)(H,23,25);1H2. The minimum absolute atomic E-state index is 0.0380. The number of ketones is 1. The SMILES string of the molecule is C=O.CCNC(=O)C(CC(C)C)NC(=O)CCCCCCC1CNCC(=O)C1. The van der Waals surface area contributed by atoms with Gasteiger partial charge < -0.3 is 20.7 Å². The van der Waals surface area contributed by atoms with Gasteiger partial charge in [-0.1, -0.05) is 33.1 Å². The van der Waals surface area contributed by atoms with Gasteiger partial charge in [0, 0.05) is 19.4 Å². The minimum Gasteiger partial charge on any atom is -0.355 e. The largest absolute Gasteiger partial charge is 0.355 e. The zero-order valence-corrected chi connectivity index (χ0v) is 17.9. The number of piperidine rings is 1. The second-order valence-electron chi connectivity index (χ2n) is 7.84. The van der Waals surface area contributed by atoms with Gasteiger partial charge in [0.1, 0.15) is 18.6 Å². The van der Waals surface area contributed by atoms with Gasteiger partial charge in [0.15, 0.2) is 0 Å². The van der Waals surface area contributed by atoms with Gasteiger partial charge in [-0.15, -0.1) is 0 Å². The number of hydrogen-bond acceptors (Lipinski definition) is 5. The molecular formula is C21H39N3O4. The van der Waals surface area contributed by atoms with Crippen molar-refractivity contribution in [1.82, 2.24) is 16.0 Å². The van der Waals surface area contributed by atoms with E-state index in [4.69, 9.17) is 4.79 Å². The lowest BCUT2D eigenvalue weighted by Crippen LogP contribution is -2.47. The van der Waals surface area contributed by atoms with Crippen LogP contribution < -0.4 is 16.0 Å². The van der Waals surface area contributed by atoms with E-state index in [-0.39, 0.29) is 11.8 Å². The first-order valence-corrected chi connectivity index (χ1v) is 10.5. The minimum atomic E-state index is -0.432. The molecule has 2 unspecified atom stereocenters. The van der Waals surface area contributed by atoms with E-state index in [0.717, 1.165) is 38.6 Å². The van der Waals surface area contributed by atoms with Crippen LogP contribution in [0.5, 0.6) is 0 Å². The number of carbonyl (C=O) groups excluding carboxylic acids is 4. The fraction of sp³-hybridized carbons (Fsp3) is 0.810. The molecule has 1 saturated heterocycles. The van der Waals surface area contributed by atoms with E-state index in [9.17, 15) is 14.4 Å². The zero-order chi connectivity index (χ0) is 21.4. The van der Waals surface area contributed by atoms with Crippen molar-refractivity contribution in [3.63, 3.8) is 0 Å². The Bertz CT molecular complexity index is 469. The lowest BCUT2D eigenvalue weighted by Gasteiger charge is -2.21. The highest BCUT2D eigenvalue weighted by molar-refractivity contribution is 5.87. The van der Waals surface area contributed by atoms with E-state index >= 15 is 0 Å². The molecule has 0 saturated carbocycles. The summed E-state index contributed by atoms with van der Waals surface area (Å²) in [5, 5.41) is 8.84. The third-order valence-electron chi connectivity index (χ3n) is 4.75.